The minimum atomic E-state index is -0.608. The van der Waals surface area contributed by atoms with E-state index in [1.54, 1.807) is 18.8 Å². The highest BCUT2D eigenvalue weighted by Gasteiger charge is 2.28. The minimum Gasteiger partial charge on any atom is -0.336 e. The number of aromatic nitrogens is 4. The quantitative estimate of drug-likeness (QED) is 0.608. The van der Waals surface area contributed by atoms with Gasteiger partial charge >= 0.3 is 5.69 Å². The molecule has 0 unspecified atom stereocenters. The van der Waals surface area contributed by atoms with Crippen LogP contribution in [0.15, 0.2) is 12.4 Å². The molecule has 9 heteroatoms. The van der Waals surface area contributed by atoms with Gasteiger partial charge in [0.2, 0.25) is 5.69 Å². The molecular formula is C12H16N6O3. The van der Waals surface area contributed by atoms with Gasteiger partial charge in [-0.15, -0.1) is 0 Å². The van der Waals surface area contributed by atoms with E-state index in [0.29, 0.717) is 6.54 Å². The minimum absolute atomic E-state index is 0.0379. The lowest BCUT2D eigenvalue weighted by molar-refractivity contribution is -0.385. The number of nitrogens with zero attached hydrogens (tertiary/aromatic N) is 6. The first-order valence-corrected chi connectivity index (χ1v) is 6.22. The highest BCUT2D eigenvalue weighted by atomic mass is 16.6. The van der Waals surface area contributed by atoms with Crippen LogP contribution >= 0.6 is 0 Å². The van der Waals surface area contributed by atoms with Crippen molar-refractivity contribution < 1.29 is 9.72 Å². The van der Waals surface area contributed by atoms with Crippen molar-refractivity contribution in [3.63, 3.8) is 0 Å². The Labute approximate surface area is 120 Å². The van der Waals surface area contributed by atoms with Gasteiger partial charge in [0.15, 0.2) is 0 Å². The molecule has 1 amide bonds. The predicted molar refractivity (Wildman–Crippen MR) is 73.6 cm³/mol. The normalized spacial score (nSPS) is 10.7. The fourth-order valence-electron chi connectivity index (χ4n) is 2.12. The molecule has 2 aromatic heterocycles. The highest BCUT2D eigenvalue weighted by Crippen LogP contribution is 2.19. The molecule has 112 valence electrons. The zero-order valence-electron chi connectivity index (χ0n) is 12.3. The number of hydrogen-bond donors (Lipinski definition) is 0. The third-order valence-electron chi connectivity index (χ3n) is 3.19. The Balaban J connectivity index is 2.26. The summed E-state index contributed by atoms with van der Waals surface area (Å²) in [5.41, 5.74) is 1.37. The number of nitro groups is 1. The third kappa shape index (κ3) is 2.76. The maximum Gasteiger partial charge on any atom is 0.320 e. The van der Waals surface area contributed by atoms with Crippen LogP contribution in [0, 0.1) is 17.0 Å². The third-order valence-corrected chi connectivity index (χ3v) is 3.19. The van der Waals surface area contributed by atoms with Crippen LogP contribution in [0.5, 0.6) is 0 Å². The van der Waals surface area contributed by atoms with E-state index in [9.17, 15) is 14.9 Å². The van der Waals surface area contributed by atoms with Crippen LogP contribution in [0.2, 0.25) is 0 Å². The summed E-state index contributed by atoms with van der Waals surface area (Å²) in [7, 11) is 4.89. The zero-order valence-corrected chi connectivity index (χ0v) is 12.3. The Morgan fingerprint density at radius 1 is 1.48 bits per heavy atom. The van der Waals surface area contributed by atoms with Crippen LogP contribution in [-0.4, -0.2) is 42.3 Å². The summed E-state index contributed by atoms with van der Waals surface area (Å²) in [6.45, 7) is 2.17. The van der Waals surface area contributed by atoms with Crippen molar-refractivity contribution >= 4 is 11.6 Å². The molecule has 2 rings (SSSR count). The molecule has 0 saturated carbocycles. The van der Waals surface area contributed by atoms with Crippen LogP contribution in [-0.2, 0) is 20.6 Å². The molecule has 0 aliphatic rings. The van der Waals surface area contributed by atoms with Gasteiger partial charge in [-0.3, -0.25) is 24.3 Å². The molecule has 0 aliphatic heterocycles. The van der Waals surface area contributed by atoms with Crippen molar-refractivity contribution in [2.45, 2.75) is 13.5 Å². The zero-order chi connectivity index (χ0) is 15.7. The van der Waals surface area contributed by atoms with E-state index < -0.39 is 10.8 Å². The molecule has 0 radical (unpaired) electrons. The second-order valence-corrected chi connectivity index (χ2v) is 4.83. The summed E-state index contributed by atoms with van der Waals surface area (Å²) in [6, 6.07) is 0. The topological polar surface area (TPSA) is 99.1 Å². The number of amides is 1. The average Bonchev–Trinajstić information content (AvgIpc) is 2.92. The van der Waals surface area contributed by atoms with Crippen LogP contribution < -0.4 is 0 Å². The fraction of sp³-hybridized carbons (Fsp3) is 0.417. The second-order valence-electron chi connectivity index (χ2n) is 4.83. The number of carbonyl (C=O) groups excluding carboxylic acids is 1. The molecule has 2 aromatic rings. The Morgan fingerprint density at radius 2 is 2.14 bits per heavy atom. The largest absolute Gasteiger partial charge is 0.336 e. The number of rotatable bonds is 4. The van der Waals surface area contributed by atoms with Gasteiger partial charge < -0.3 is 4.90 Å². The molecule has 0 fully saturated rings. The smallest absolute Gasteiger partial charge is 0.320 e. The molecule has 21 heavy (non-hydrogen) atoms. The van der Waals surface area contributed by atoms with Gasteiger partial charge in [-0.05, 0) is 6.92 Å². The molecule has 0 aromatic carbocycles. The first-order valence-electron chi connectivity index (χ1n) is 6.22. The Morgan fingerprint density at radius 3 is 2.67 bits per heavy atom. The highest BCUT2D eigenvalue weighted by molar-refractivity contribution is 5.96. The number of carbonyl (C=O) groups is 1. The number of aryl methyl sites for hydroxylation is 3. The molecule has 9 nitrogen and oxygen atoms in total. The van der Waals surface area contributed by atoms with Gasteiger partial charge in [-0.2, -0.15) is 10.2 Å². The van der Waals surface area contributed by atoms with Crippen molar-refractivity contribution in [3.05, 3.63) is 39.5 Å². The molecule has 0 atom stereocenters. The maximum atomic E-state index is 12.4. The van der Waals surface area contributed by atoms with Gasteiger partial charge in [0, 0.05) is 39.4 Å². The van der Waals surface area contributed by atoms with Crippen molar-refractivity contribution in [3.8, 4) is 0 Å². The summed E-state index contributed by atoms with van der Waals surface area (Å²) >= 11 is 0. The van der Waals surface area contributed by atoms with Gasteiger partial charge in [0.25, 0.3) is 5.91 Å². The standard InChI is InChI=1S/C12H16N6O3/c1-8-9(7-16(3)14-8)6-15(2)12(19)11-10(18(20)21)5-13-17(11)4/h5,7H,6H2,1-4H3. The van der Waals surface area contributed by atoms with Gasteiger partial charge in [-0.1, -0.05) is 0 Å². The fourth-order valence-corrected chi connectivity index (χ4v) is 2.12. The van der Waals surface area contributed by atoms with Gasteiger partial charge in [-0.25, -0.2) is 0 Å². The lowest BCUT2D eigenvalue weighted by Crippen LogP contribution is -2.28. The van der Waals surface area contributed by atoms with E-state index in [1.165, 1.54) is 16.6 Å². The van der Waals surface area contributed by atoms with Crippen molar-refractivity contribution in [1.82, 2.24) is 24.5 Å². The average molecular weight is 292 g/mol. The summed E-state index contributed by atoms with van der Waals surface area (Å²) in [4.78, 5) is 24.2. The van der Waals surface area contributed by atoms with Crippen molar-refractivity contribution in [2.24, 2.45) is 14.1 Å². The van der Waals surface area contributed by atoms with E-state index in [4.69, 9.17) is 0 Å². The van der Waals surface area contributed by atoms with Crippen molar-refractivity contribution in [2.75, 3.05) is 7.05 Å². The van der Waals surface area contributed by atoms with E-state index in [0.717, 1.165) is 17.5 Å². The summed E-state index contributed by atoms with van der Waals surface area (Å²) < 4.78 is 2.88. The Kier molecular flexibility index (Phi) is 3.74. The monoisotopic (exact) mass is 292 g/mol. The van der Waals surface area contributed by atoms with Crippen molar-refractivity contribution in [1.29, 1.82) is 0 Å². The lowest BCUT2D eigenvalue weighted by atomic mass is 10.2. The first-order chi connectivity index (χ1) is 9.81. The molecule has 0 N–H and O–H groups in total. The van der Waals surface area contributed by atoms with Crippen LogP contribution in [0.3, 0.4) is 0 Å². The Bertz CT molecular complexity index is 702. The van der Waals surface area contributed by atoms with E-state index in [2.05, 4.69) is 10.2 Å². The summed E-state index contributed by atoms with van der Waals surface area (Å²) in [5, 5.41) is 18.9. The van der Waals surface area contributed by atoms with Crippen LogP contribution in [0.4, 0.5) is 5.69 Å². The van der Waals surface area contributed by atoms with Gasteiger partial charge in [0.05, 0.1) is 10.6 Å². The van der Waals surface area contributed by atoms with Crippen LogP contribution in [0.25, 0.3) is 0 Å². The van der Waals surface area contributed by atoms with E-state index >= 15 is 0 Å². The van der Waals surface area contributed by atoms with E-state index in [-0.39, 0.29) is 11.4 Å². The maximum absolute atomic E-state index is 12.4. The van der Waals surface area contributed by atoms with Crippen LogP contribution in [0.1, 0.15) is 21.7 Å². The summed E-state index contributed by atoms with van der Waals surface area (Å²) in [5.74, 6) is -0.454. The second kappa shape index (κ2) is 5.35. The molecule has 0 saturated heterocycles. The summed E-state index contributed by atoms with van der Waals surface area (Å²) in [6.07, 6.45) is 2.90. The molecule has 0 aliphatic carbocycles. The SMILES string of the molecule is Cc1nn(C)cc1CN(C)C(=O)c1c([N+](=O)[O-])cnn1C. The molecule has 0 spiro atoms. The number of hydrogen-bond acceptors (Lipinski definition) is 5. The molecule has 0 bridgehead atoms. The predicted octanol–water partition coefficient (Wildman–Crippen LogP) is 0.642. The van der Waals surface area contributed by atoms with Gasteiger partial charge in [0.1, 0.15) is 6.20 Å². The Hall–Kier alpha value is -2.71. The first kappa shape index (κ1) is 14.7. The molecular weight excluding hydrogens is 276 g/mol. The lowest BCUT2D eigenvalue weighted by Gasteiger charge is -2.16. The van der Waals surface area contributed by atoms with E-state index in [1.807, 2.05) is 13.1 Å². The molecule has 2 heterocycles.